The number of phenols is 2. The molecule has 0 aliphatic carbocycles. The Bertz CT molecular complexity index is 1240. The van der Waals surface area contributed by atoms with Crippen molar-refractivity contribution in [3.8, 4) is 40.1 Å². The third kappa shape index (κ3) is 4.02. The molecule has 0 amide bonds. The van der Waals surface area contributed by atoms with Gasteiger partial charge >= 0.3 is 0 Å². The summed E-state index contributed by atoms with van der Waals surface area (Å²) < 4.78 is 27.0. The molecular formula is C22H22O11. The molecule has 4 rings (SSSR count). The molecule has 0 spiro atoms. The van der Waals surface area contributed by atoms with E-state index in [4.69, 9.17) is 23.4 Å². The number of ether oxygens (including phenoxy) is 4. The average molecular weight is 462 g/mol. The van der Waals surface area contributed by atoms with Crippen LogP contribution in [-0.2, 0) is 4.74 Å². The van der Waals surface area contributed by atoms with Gasteiger partial charge in [-0.25, -0.2) is 0 Å². The van der Waals surface area contributed by atoms with Crippen LogP contribution in [-0.4, -0.2) is 71.0 Å². The molecule has 2 aromatic carbocycles. The summed E-state index contributed by atoms with van der Waals surface area (Å²) in [7, 11) is 2.72. The fraction of sp³-hybridized carbons (Fsp3) is 0.318. The fourth-order valence-corrected chi connectivity index (χ4v) is 3.49. The fourth-order valence-electron chi connectivity index (χ4n) is 3.49. The van der Waals surface area contributed by atoms with Gasteiger partial charge in [0.25, 0.3) is 0 Å². The zero-order valence-corrected chi connectivity index (χ0v) is 17.6. The normalized spacial score (nSPS) is 22.8. The van der Waals surface area contributed by atoms with E-state index in [9.17, 15) is 30.3 Å². The summed E-state index contributed by atoms with van der Waals surface area (Å²) in [6.07, 6.45) is -6.13. The number of methoxy groups -OCH3 is 2. The number of fused-ring (bicyclic) bond motifs is 1. The first-order chi connectivity index (χ1) is 15.7. The molecule has 5 N–H and O–H groups in total. The lowest BCUT2D eigenvalue weighted by Gasteiger charge is -2.34. The minimum Gasteiger partial charge on any atom is -0.507 e. The molecule has 4 atom stereocenters. The molecular weight excluding hydrogens is 440 g/mol. The van der Waals surface area contributed by atoms with Crippen LogP contribution in [0.25, 0.3) is 22.3 Å². The zero-order valence-electron chi connectivity index (χ0n) is 17.6. The van der Waals surface area contributed by atoms with Gasteiger partial charge in [-0.1, -0.05) is 0 Å². The molecule has 0 saturated carbocycles. The molecule has 176 valence electrons. The maximum Gasteiger partial charge on any atom is 0.239 e. The van der Waals surface area contributed by atoms with Crippen molar-refractivity contribution in [2.45, 2.75) is 24.6 Å². The van der Waals surface area contributed by atoms with Gasteiger partial charge < -0.3 is 48.9 Å². The van der Waals surface area contributed by atoms with Gasteiger partial charge in [0.15, 0.2) is 17.3 Å². The van der Waals surface area contributed by atoms with Gasteiger partial charge in [0.05, 0.1) is 20.8 Å². The van der Waals surface area contributed by atoms with E-state index in [1.807, 2.05) is 0 Å². The summed E-state index contributed by atoms with van der Waals surface area (Å²) in [5.74, 6) is -0.845. The summed E-state index contributed by atoms with van der Waals surface area (Å²) >= 11 is 0. The van der Waals surface area contributed by atoms with Gasteiger partial charge in [-0.3, -0.25) is 4.79 Å². The minimum absolute atomic E-state index is 0.0215. The van der Waals surface area contributed by atoms with Gasteiger partial charge in [0.2, 0.25) is 17.5 Å². The molecule has 1 aliphatic rings. The average Bonchev–Trinajstić information content (AvgIpc) is 2.80. The number of hydrogen-bond donors (Lipinski definition) is 5. The van der Waals surface area contributed by atoms with E-state index in [1.165, 1.54) is 44.6 Å². The van der Waals surface area contributed by atoms with Crippen LogP contribution in [0, 0.1) is 0 Å². The summed E-state index contributed by atoms with van der Waals surface area (Å²) in [5.41, 5.74) is -0.562. The SMILES string of the molecule is COc1cc(O)c2c(=O)c(O[C@@H]3OC[C@H](O)[C@H](O)[C@H]3O)c(-c3ccc(O)c(OC)c3)oc2c1. The van der Waals surface area contributed by atoms with Crippen LogP contribution in [0.4, 0.5) is 0 Å². The van der Waals surface area contributed by atoms with E-state index < -0.39 is 41.5 Å². The van der Waals surface area contributed by atoms with Crippen LogP contribution >= 0.6 is 0 Å². The largest absolute Gasteiger partial charge is 0.507 e. The van der Waals surface area contributed by atoms with E-state index in [-0.39, 0.29) is 46.1 Å². The second kappa shape index (κ2) is 8.79. The zero-order chi connectivity index (χ0) is 23.9. The molecule has 3 aromatic rings. The number of hydrogen-bond acceptors (Lipinski definition) is 11. The number of aliphatic hydroxyl groups is 3. The molecule has 2 heterocycles. The Hall–Kier alpha value is -3.51. The Morgan fingerprint density at radius 3 is 2.42 bits per heavy atom. The Labute approximate surface area is 186 Å². The van der Waals surface area contributed by atoms with E-state index in [1.54, 1.807) is 0 Å². The van der Waals surface area contributed by atoms with Crippen molar-refractivity contribution in [1.29, 1.82) is 0 Å². The van der Waals surface area contributed by atoms with Crippen molar-refractivity contribution in [3.05, 3.63) is 40.6 Å². The third-order valence-corrected chi connectivity index (χ3v) is 5.27. The molecule has 1 aliphatic heterocycles. The summed E-state index contributed by atoms with van der Waals surface area (Å²) in [4.78, 5) is 13.4. The van der Waals surface area contributed by atoms with Gasteiger partial charge in [-0.05, 0) is 18.2 Å². The lowest BCUT2D eigenvalue weighted by Crippen LogP contribution is -2.55. The van der Waals surface area contributed by atoms with Crippen LogP contribution in [0.1, 0.15) is 0 Å². The number of rotatable bonds is 5. The van der Waals surface area contributed by atoms with Crippen molar-refractivity contribution in [1.82, 2.24) is 0 Å². The van der Waals surface area contributed by atoms with Gasteiger partial charge in [0.1, 0.15) is 40.8 Å². The number of benzene rings is 2. The first-order valence-electron chi connectivity index (χ1n) is 9.82. The Morgan fingerprint density at radius 1 is 0.970 bits per heavy atom. The first-order valence-corrected chi connectivity index (χ1v) is 9.82. The number of aromatic hydroxyl groups is 2. The maximum absolute atomic E-state index is 13.4. The smallest absolute Gasteiger partial charge is 0.239 e. The summed E-state index contributed by atoms with van der Waals surface area (Å²) in [6, 6.07) is 6.76. The second-order valence-electron chi connectivity index (χ2n) is 7.36. The molecule has 0 radical (unpaired) electrons. The van der Waals surface area contributed by atoms with Crippen molar-refractivity contribution in [3.63, 3.8) is 0 Å². The highest BCUT2D eigenvalue weighted by Crippen LogP contribution is 2.39. The Morgan fingerprint density at radius 2 is 1.73 bits per heavy atom. The van der Waals surface area contributed by atoms with Gasteiger partial charge in [-0.15, -0.1) is 0 Å². The molecule has 0 bridgehead atoms. The van der Waals surface area contributed by atoms with E-state index in [0.29, 0.717) is 0 Å². The van der Waals surface area contributed by atoms with Crippen LogP contribution in [0.3, 0.4) is 0 Å². The summed E-state index contributed by atoms with van der Waals surface area (Å²) in [6.45, 7) is -0.355. The molecule has 1 fully saturated rings. The molecule has 1 saturated heterocycles. The van der Waals surface area contributed by atoms with E-state index in [2.05, 4.69) is 0 Å². The highest BCUT2D eigenvalue weighted by atomic mass is 16.7. The Kier molecular flexibility index (Phi) is 6.04. The van der Waals surface area contributed by atoms with Crippen LogP contribution < -0.4 is 19.6 Å². The number of aliphatic hydroxyl groups excluding tert-OH is 3. The minimum atomic E-state index is -1.68. The predicted octanol–water partition coefficient (Wildman–Crippen LogP) is 0.706. The molecule has 11 nitrogen and oxygen atoms in total. The first kappa shape index (κ1) is 22.7. The van der Waals surface area contributed by atoms with Crippen molar-refractivity contribution < 1.29 is 48.9 Å². The lowest BCUT2D eigenvalue weighted by molar-refractivity contribution is -0.242. The number of phenolic OH excluding ortho intramolecular Hbond substituents is 2. The maximum atomic E-state index is 13.4. The molecule has 0 unspecified atom stereocenters. The Balaban J connectivity index is 1.93. The third-order valence-electron chi connectivity index (χ3n) is 5.27. The second-order valence-corrected chi connectivity index (χ2v) is 7.36. The van der Waals surface area contributed by atoms with Gasteiger partial charge in [-0.2, -0.15) is 0 Å². The predicted molar refractivity (Wildman–Crippen MR) is 113 cm³/mol. The standard InChI is InChI=1S/C22H22O11/c1-29-10-6-12(24)16-15(7-10)32-20(9-3-4-11(23)14(5-9)30-2)21(18(16)27)33-22-19(28)17(26)13(25)8-31-22/h3-7,13,17,19,22-26,28H,8H2,1-2H3/t13-,17-,19+,22-/m0/s1. The lowest BCUT2D eigenvalue weighted by atomic mass is 10.1. The molecule has 11 heteroatoms. The monoisotopic (exact) mass is 462 g/mol. The molecule has 1 aromatic heterocycles. The van der Waals surface area contributed by atoms with E-state index >= 15 is 0 Å². The highest BCUT2D eigenvalue weighted by Gasteiger charge is 2.40. The van der Waals surface area contributed by atoms with Crippen molar-refractivity contribution in [2.24, 2.45) is 0 Å². The quantitative estimate of drug-likeness (QED) is 0.362. The van der Waals surface area contributed by atoms with Crippen molar-refractivity contribution in [2.75, 3.05) is 20.8 Å². The van der Waals surface area contributed by atoms with Gasteiger partial charge in [0, 0.05) is 17.7 Å². The summed E-state index contributed by atoms with van der Waals surface area (Å²) in [5, 5.41) is 50.0. The van der Waals surface area contributed by atoms with E-state index in [0.717, 1.165) is 0 Å². The molecule has 33 heavy (non-hydrogen) atoms. The van der Waals surface area contributed by atoms with Crippen LogP contribution in [0.15, 0.2) is 39.5 Å². The van der Waals surface area contributed by atoms with Crippen molar-refractivity contribution >= 4 is 11.0 Å². The highest BCUT2D eigenvalue weighted by molar-refractivity contribution is 5.88. The van der Waals surface area contributed by atoms with Crippen LogP contribution in [0.5, 0.6) is 28.7 Å². The van der Waals surface area contributed by atoms with Crippen LogP contribution in [0.2, 0.25) is 0 Å². The topological polar surface area (TPSA) is 168 Å².